The van der Waals surface area contributed by atoms with Crippen molar-refractivity contribution < 1.29 is 72.6 Å². The summed E-state index contributed by atoms with van der Waals surface area (Å²) in [7, 11) is 0. The van der Waals surface area contributed by atoms with Crippen LogP contribution in [0.2, 0.25) is 0 Å². The summed E-state index contributed by atoms with van der Waals surface area (Å²) < 4.78 is 0. The van der Waals surface area contributed by atoms with Crippen LogP contribution >= 0.6 is 0 Å². The van der Waals surface area contributed by atoms with Gasteiger partial charge in [-0.15, -0.1) is 0 Å². The summed E-state index contributed by atoms with van der Waals surface area (Å²) in [6, 6.07) is 0. The van der Waals surface area contributed by atoms with Gasteiger partial charge in [-0.25, -0.2) is 0 Å². The van der Waals surface area contributed by atoms with E-state index in [-0.39, 0.29) is 71.8 Å². The van der Waals surface area contributed by atoms with Crippen molar-refractivity contribution in [2.45, 2.75) is 46.2 Å². The fraction of sp³-hybridized carbons (Fsp3) is 0.778. The predicted octanol–water partition coefficient (Wildman–Crippen LogP) is -2.28. The molecule has 0 aromatic carbocycles. The molecule has 0 aliphatic rings. The van der Waals surface area contributed by atoms with Crippen molar-refractivity contribution in [2.24, 2.45) is 11.5 Å². The number of carbonyl (C=O) groups is 2. The molecule has 0 amide bonds. The van der Waals surface area contributed by atoms with Gasteiger partial charge in [-0.1, -0.05) is 20.8 Å². The maximum absolute atomic E-state index is 9.37. The van der Waals surface area contributed by atoms with Gasteiger partial charge in [0.1, 0.15) is 0 Å². The molecule has 16 heavy (non-hydrogen) atoms. The topological polar surface area (TPSA) is 127 Å². The number of aliphatic carboxylic acids is 2. The van der Waals surface area contributed by atoms with Crippen molar-refractivity contribution in [1.29, 1.82) is 0 Å². The third kappa shape index (κ3) is 62.6. The van der Waals surface area contributed by atoms with Crippen LogP contribution in [0.15, 0.2) is 0 Å². The van der Waals surface area contributed by atoms with Gasteiger partial charge in [-0.2, -0.15) is 0 Å². The minimum atomic E-state index is -0.745. The van der Waals surface area contributed by atoms with E-state index in [1.165, 1.54) is 0 Å². The minimum Gasteiger partial charge on any atom is -1.00 e. The van der Waals surface area contributed by atoms with E-state index in [2.05, 4.69) is 0 Å². The van der Waals surface area contributed by atoms with Crippen molar-refractivity contribution in [3.8, 4) is 0 Å². The molecular formula is C9H23KN2O4. The molecule has 0 aromatic heterocycles. The summed E-state index contributed by atoms with van der Waals surface area (Å²) in [6.45, 7) is 5.15. The zero-order valence-corrected chi connectivity index (χ0v) is 13.7. The predicted molar refractivity (Wildman–Crippen MR) is 59.4 cm³/mol. The summed E-state index contributed by atoms with van der Waals surface area (Å²) in [6.07, 6.45) is 1.19. The van der Waals surface area contributed by atoms with Gasteiger partial charge in [0.2, 0.25) is 0 Å². The first kappa shape index (κ1) is 25.4. The van der Waals surface area contributed by atoms with Gasteiger partial charge in [0.25, 0.3) is 0 Å². The largest absolute Gasteiger partial charge is 1.00 e. The molecule has 0 unspecified atom stereocenters. The van der Waals surface area contributed by atoms with Gasteiger partial charge in [-0.05, 0) is 6.42 Å². The summed E-state index contributed by atoms with van der Waals surface area (Å²) in [5.74, 6) is -1.49. The zero-order chi connectivity index (χ0) is 12.9. The fourth-order valence-corrected chi connectivity index (χ4v) is 0. The van der Waals surface area contributed by atoms with Gasteiger partial charge < -0.3 is 23.1 Å². The Labute approximate surface area is 141 Å². The van der Waals surface area contributed by atoms with Gasteiger partial charge >= 0.3 is 63.3 Å². The first-order valence-electron chi connectivity index (χ1n) is 4.76. The summed E-state index contributed by atoms with van der Waals surface area (Å²) in [5.41, 5.74) is 10.1. The summed E-state index contributed by atoms with van der Waals surface area (Å²) in [4.78, 5) is 18.7. The Hall–Kier alpha value is 0.496. The van der Waals surface area contributed by atoms with Crippen molar-refractivity contribution in [2.75, 3.05) is 0 Å². The quantitative estimate of drug-likeness (QED) is 0.335. The van der Waals surface area contributed by atoms with E-state index >= 15 is 0 Å². The van der Waals surface area contributed by atoms with Crippen LogP contribution in [-0.4, -0.2) is 28.3 Å². The smallest absolute Gasteiger partial charge is 1.00 e. The molecule has 0 heterocycles. The molecule has 0 bridgehead atoms. The second-order valence-corrected chi connectivity index (χ2v) is 2.57. The Kier molecular flexibility index (Phi) is 33.1. The molecule has 0 spiro atoms. The van der Waals surface area contributed by atoms with Crippen LogP contribution in [-0.2, 0) is 9.59 Å². The van der Waals surface area contributed by atoms with Gasteiger partial charge in [0, 0.05) is 12.8 Å². The fourth-order valence-electron chi connectivity index (χ4n) is 0. The third-order valence-corrected chi connectivity index (χ3v) is 1.08. The molecule has 7 heteroatoms. The molecule has 0 aliphatic carbocycles. The van der Waals surface area contributed by atoms with Gasteiger partial charge in [-0.3, -0.25) is 9.59 Å². The van der Waals surface area contributed by atoms with Crippen LogP contribution in [0.5, 0.6) is 0 Å². The molecule has 0 aromatic rings. The van der Waals surface area contributed by atoms with Crippen molar-refractivity contribution >= 4 is 11.9 Å². The van der Waals surface area contributed by atoms with Crippen LogP contribution in [0.3, 0.4) is 0 Å². The Morgan fingerprint density at radius 3 is 1.19 bits per heavy atom. The normalized spacial score (nSPS) is 7.62. The number of carboxylic acid groups (broad SMARTS) is 2. The van der Waals surface area contributed by atoms with E-state index in [0.717, 1.165) is 6.42 Å². The monoisotopic (exact) mass is 262 g/mol. The Morgan fingerprint density at radius 2 is 1.19 bits per heavy atom. The number of carboxylic acids is 2. The number of hydrogen-bond donors (Lipinski definition) is 4. The number of hydrogen-bond acceptors (Lipinski definition) is 4. The second-order valence-electron chi connectivity index (χ2n) is 2.57. The molecule has 0 rings (SSSR count). The van der Waals surface area contributed by atoms with E-state index in [0.29, 0.717) is 0 Å². The van der Waals surface area contributed by atoms with Crippen molar-refractivity contribution in [1.82, 2.24) is 0 Å². The average molecular weight is 262 g/mol. The minimum absolute atomic E-state index is 0. The van der Waals surface area contributed by atoms with Crippen LogP contribution in [0.4, 0.5) is 0 Å². The SMILES string of the molecule is CCC(=O)O.CCC(=O)O.CCC(N)N.[H-].[K+]. The maximum Gasteiger partial charge on any atom is 1.00 e. The van der Waals surface area contributed by atoms with Gasteiger partial charge in [0.05, 0.1) is 6.17 Å². The zero-order valence-electron chi connectivity index (χ0n) is 11.6. The van der Waals surface area contributed by atoms with Crippen LogP contribution in [0.1, 0.15) is 41.5 Å². The maximum atomic E-state index is 9.37. The van der Waals surface area contributed by atoms with E-state index in [1.54, 1.807) is 13.8 Å². The van der Waals surface area contributed by atoms with Crippen LogP contribution < -0.4 is 62.9 Å². The molecule has 0 saturated heterocycles. The Bertz CT molecular complexity index is 157. The van der Waals surface area contributed by atoms with Crippen molar-refractivity contribution in [3.05, 3.63) is 0 Å². The standard InChI is InChI=1S/C3H10N2.2C3H6O2.K.H/c3*1-2-3(4)5;;/h3H,2,4-5H2,1H3;2*2H2,1H3,(H,4,5);;/q;;;+1;-1. The summed E-state index contributed by atoms with van der Waals surface area (Å²) in [5, 5.41) is 15.4. The number of nitrogens with two attached hydrogens (primary N) is 2. The average Bonchev–Trinajstić information content (AvgIpc) is 2.19. The first-order chi connectivity index (χ1) is 6.81. The van der Waals surface area contributed by atoms with Gasteiger partial charge in [0.15, 0.2) is 0 Å². The van der Waals surface area contributed by atoms with Crippen LogP contribution in [0.25, 0.3) is 0 Å². The second kappa shape index (κ2) is 20.9. The summed E-state index contributed by atoms with van der Waals surface area (Å²) >= 11 is 0. The molecule has 0 atom stereocenters. The van der Waals surface area contributed by atoms with E-state index in [9.17, 15) is 9.59 Å². The Balaban J connectivity index is -0.0000000400. The molecule has 0 fully saturated rings. The molecular weight excluding hydrogens is 239 g/mol. The molecule has 6 N–H and O–H groups in total. The molecule has 6 nitrogen and oxygen atoms in total. The van der Waals surface area contributed by atoms with Crippen molar-refractivity contribution in [3.63, 3.8) is 0 Å². The van der Waals surface area contributed by atoms with E-state index in [1.807, 2.05) is 6.92 Å². The molecule has 0 saturated carbocycles. The van der Waals surface area contributed by atoms with E-state index < -0.39 is 11.9 Å². The molecule has 0 radical (unpaired) electrons. The molecule has 94 valence electrons. The number of rotatable bonds is 3. The molecule has 0 aliphatic heterocycles. The Morgan fingerprint density at radius 1 is 1.06 bits per heavy atom. The third-order valence-electron chi connectivity index (χ3n) is 1.08. The van der Waals surface area contributed by atoms with Crippen LogP contribution in [0, 0.1) is 0 Å². The first-order valence-corrected chi connectivity index (χ1v) is 4.76. The van der Waals surface area contributed by atoms with E-state index in [4.69, 9.17) is 21.7 Å².